The van der Waals surface area contributed by atoms with Crippen molar-refractivity contribution in [2.75, 3.05) is 50.1 Å². The van der Waals surface area contributed by atoms with E-state index in [9.17, 15) is 0 Å². The Hall–Kier alpha value is -2.49. The molecule has 5 rings (SSSR count). The third kappa shape index (κ3) is 3.50. The lowest BCUT2D eigenvalue weighted by molar-refractivity contribution is 0.576. The van der Waals surface area contributed by atoms with Gasteiger partial charge in [0.25, 0.3) is 0 Å². The molecule has 29 heavy (non-hydrogen) atoms. The number of benzene rings is 2. The molecule has 0 saturated carbocycles. The summed E-state index contributed by atoms with van der Waals surface area (Å²) in [5.74, 6) is 0. The summed E-state index contributed by atoms with van der Waals surface area (Å²) >= 11 is 0. The van der Waals surface area contributed by atoms with Gasteiger partial charge in [-0.2, -0.15) is 0 Å². The van der Waals surface area contributed by atoms with Crippen molar-refractivity contribution in [1.82, 2.24) is 4.58 Å². The maximum absolute atomic E-state index is 6.52. The quantitative estimate of drug-likeness (QED) is 0.472. The number of anilines is 2. The van der Waals surface area contributed by atoms with Crippen LogP contribution in [0.4, 0.5) is 11.4 Å². The summed E-state index contributed by atoms with van der Waals surface area (Å²) in [7, 11) is 4.26. The molecule has 2 fully saturated rings. The number of piperidine rings is 2. The largest absolute Gasteiger partial charge is 0.455 e. The number of hydrogen-bond acceptors (Lipinski definition) is 3. The Labute approximate surface area is 173 Å². The van der Waals surface area contributed by atoms with E-state index >= 15 is 0 Å². The lowest BCUT2D eigenvalue weighted by Crippen LogP contribution is -2.30. The standard InChI is InChI=1S/C25H32N3O/c1-26(2)25-21-11-9-19(27-13-5-3-6-14-27)17-23(21)29-24-18-20(10-12-22(24)25)28-15-7-4-8-16-28/h9-12,17-18H,3-8,13-16H2,1-2H3/q+1. The molecule has 0 bridgehead atoms. The molecule has 4 heteroatoms. The van der Waals surface area contributed by atoms with Crippen LogP contribution in [0, 0.1) is 0 Å². The van der Waals surface area contributed by atoms with E-state index in [-0.39, 0.29) is 0 Å². The van der Waals surface area contributed by atoms with Gasteiger partial charge in [0.1, 0.15) is 25.3 Å². The first-order valence-electron chi connectivity index (χ1n) is 11.2. The van der Waals surface area contributed by atoms with Crippen LogP contribution in [0.1, 0.15) is 38.5 Å². The third-order valence-corrected chi connectivity index (χ3v) is 6.55. The minimum atomic E-state index is 0.986. The molecule has 2 aliphatic rings. The van der Waals surface area contributed by atoms with Gasteiger partial charge in [-0.1, -0.05) is 0 Å². The summed E-state index contributed by atoms with van der Waals surface area (Å²) in [5, 5.41) is 3.62. The van der Waals surface area contributed by atoms with Crippen molar-refractivity contribution in [2.24, 2.45) is 0 Å². The highest BCUT2D eigenvalue weighted by molar-refractivity contribution is 5.92. The first-order chi connectivity index (χ1) is 14.2. The molecule has 2 aromatic carbocycles. The van der Waals surface area contributed by atoms with Crippen LogP contribution in [-0.2, 0) is 0 Å². The van der Waals surface area contributed by atoms with Crippen molar-refractivity contribution in [3.63, 3.8) is 0 Å². The minimum Gasteiger partial charge on any atom is -0.455 e. The van der Waals surface area contributed by atoms with Gasteiger partial charge in [0.2, 0.25) is 5.36 Å². The minimum absolute atomic E-state index is 0.986. The van der Waals surface area contributed by atoms with Crippen LogP contribution in [-0.4, -0.2) is 40.3 Å². The molecule has 2 aliphatic heterocycles. The van der Waals surface area contributed by atoms with E-state index in [2.05, 4.69) is 64.9 Å². The zero-order valence-electron chi connectivity index (χ0n) is 17.8. The first-order valence-corrected chi connectivity index (χ1v) is 11.2. The molecule has 152 valence electrons. The topological polar surface area (TPSA) is 22.6 Å². The molecular weight excluding hydrogens is 358 g/mol. The van der Waals surface area contributed by atoms with Crippen molar-refractivity contribution in [3.05, 3.63) is 41.8 Å². The SMILES string of the molecule is C[N+](C)=c1c2ccc(N3CCCCC3)cc2oc2cc(N3CCCCC3)ccc12. The number of nitrogens with zero attached hydrogens (tertiary/aromatic N) is 3. The summed E-state index contributed by atoms with van der Waals surface area (Å²) < 4.78 is 8.74. The van der Waals surface area contributed by atoms with Gasteiger partial charge < -0.3 is 14.2 Å². The van der Waals surface area contributed by atoms with Crippen LogP contribution in [0.25, 0.3) is 21.9 Å². The van der Waals surface area contributed by atoms with Crippen LogP contribution < -0.4 is 19.7 Å². The molecule has 0 aliphatic carbocycles. The number of rotatable bonds is 2. The average molecular weight is 391 g/mol. The van der Waals surface area contributed by atoms with E-state index < -0.39 is 0 Å². The Morgan fingerprint density at radius 3 is 1.52 bits per heavy atom. The van der Waals surface area contributed by atoms with Crippen LogP contribution in [0.2, 0.25) is 0 Å². The number of hydrogen-bond donors (Lipinski definition) is 0. The van der Waals surface area contributed by atoms with E-state index in [1.807, 2.05) is 0 Å². The molecule has 4 nitrogen and oxygen atoms in total. The maximum Gasteiger partial charge on any atom is 0.221 e. The fourth-order valence-electron chi connectivity index (χ4n) is 5.03. The molecule has 0 radical (unpaired) electrons. The normalized spacial score (nSPS) is 17.9. The van der Waals surface area contributed by atoms with Crippen LogP contribution >= 0.6 is 0 Å². The van der Waals surface area contributed by atoms with E-state index in [4.69, 9.17) is 4.42 Å². The van der Waals surface area contributed by atoms with E-state index in [1.54, 1.807) is 0 Å². The molecule has 3 aromatic rings. The molecule has 0 N–H and O–H groups in total. The molecule has 0 amide bonds. The lowest BCUT2D eigenvalue weighted by atomic mass is 10.1. The Morgan fingerprint density at radius 2 is 1.10 bits per heavy atom. The fourth-order valence-corrected chi connectivity index (χ4v) is 5.03. The summed E-state index contributed by atoms with van der Waals surface area (Å²) in [6.07, 6.45) is 7.85. The zero-order chi connectivity index (χ0) is 19.8. The molecule has 0 atom stereocenters. The summed E-state index contributed by atoms with van der Waals surface area (Å²) in [5.41, 5.74) is 4.55. The molecule has 0 unspecified atom stereocenters. The molecular formula is C25H32N3O+. The zero-order valence-corrected chi connectivity index (χ0v) is 17.8. The van der Waals surface area contributed by atoms with Crippen LogP contribution in [0.3, 0.4) is 0 Å². The summed E-state index contributed by atoms with van der Waals surface area (Å²) in [6, 6.07) is 13.5. The van der Waals surface area contributed by atoms with Crippen molar-refractivity contribution < 1.29 is 4.42 Å². The van der Waals surface area contributed by atoms with Gasteiger partial charge in [-0.25, -0.2) is 4.58 Å². The highest BCUT2D eigenvalue weighted by atomic mass is 16.3. The van der Waals surface area contributed by atoms with Gasteiger partial charge in [-0.3, -0.25) is 0 Å². The molecule has 3 heterocycles. The van der Waals surface area contributed by atoms with Crippen LogP contribution in [0.5, 0.6) is 0 Å². The molecule has 1 aromatic heterocycles. The van der Waals surface area contributed by atoms with Crippen molar-refractivity contribution in [1.29, 1.82) is 0 Å². The van der Waals surface area contributed by atoms with Gasteiger partial charge in [-0.05, 0) is 62.8 Å². The summed E-state index contributed by atoms with van der Waals surface area (Å²) in [4.78, 5) is 5.00. The van der Waals surface area contributed by atoms with E-state index in [0.717, 1.165) is 37.3 Å². The van der Waals surface area contributed by atoms with E-state index in [1.165, 1.54) is 66.0 Å². The van der Waals surface area contributed by atoms with Gasteiger partial charge in [0.05, 0.1) is 10.8 Å². The average Bonchev–Trinajstić information content (AvgIpc) is 2.77. The van der Waals surface area contributed by atoms with Crippen molar-refractivity contribution in [2.45, 2.75) is 38.5 Å². The Kier molecular flexibility index (Phi) is 4.94. The number of fused-ring (bicyclic) bond motifs is 2. The van der Waals surface area contributed by atoms with Crippen LogP contribution in [0.15, 0.2) is 40.8 Å². The maximum atomic E-state index is 6.52. The first kappa shape index (κ1) is 18.5. The Morgan fingerprint density at radius 1 is 0.655 bits per heavy atom. The van der Waals surface area contributed by atoms with E-state index in [0.29, 0.717) is 0 Å². The summed E-state index contributed by atoms with van der Waals surface area (Å²) in [6.45, 7) is 4.61. The highest BCUT2D eigenvalue weighted by Crippen LogP contribution is 2.28. The fraction of sp³-hybridized carbons (Fsp3) is 0.480. The second-order valence-electron chi connectivity index (χ2n) is 8.80. The second kappa shape index (κ2) is 7.74. The second-order valence-corrected chi connectivity index (χ2v) is 8.80. The highest BCUT2D eigenvalue weighted by Gasteiger charge is 2.17. The predicted octanol–water partition coefficient (Wildman–Crippen LogP) is 4.60. The van der Waals surface area contributed by atoms with Gasteiger partial charge >= 0.3 is 0 Å². The third-order valence-electron chi connectivity index (χ3n) is 6.55. The Bertz CT molecular complexity index is 1020. The molecule has 2 saturated heterocycles. The monoisotopic (exact) mass is 390 g/mol. The van der Waals surface area contributed by atoms with Gasteiger partial charge in [0, 0.05) is 49.7 Å². The smallest absolute Gasteiger partial charge is 0.221 e. The predicted molar refractivity (Wildman–Crippen MR) is 123 cm³/mol. The molecule has 0 spiro atoms. The lowest BCUT2D eigenvalue weighted by Gasteiger charge is -2.29. The van der Waals surface area contributed by atoms with Crippen molar-refractivity contribution >= 4 is 33.3 Å². The Balaban J connectivity index is 1.67. The van der Waals surface area contributed by atoms with Gasteiger partial charge in [0.15, 0.2) is 0 Å². The van der Waals surface area contributed by atoms with Gasteiger partial charge in [-0.15, -0.1) is 0 Å². The van der Waals surface area contributed by atoms with Crippen molar-refractivity contribution in [3.8, 4) is 0 Å².